The first-order valence-electron chi connectivity index (χ1n) is 11.2. The van der Waals surface area contributed by atoms with E-state index in [0.717, 1.165) is 31.8 Å². The lowest BCUT2D eigenvalue weighted by Crippen LogP contribution is -2.45. The summed E-state index contributed by atoms with van der Waals surface area (Å²) in [6.45, 7) is 3.30. The first-order chi connectivity index (χ1) is 15.0. The van der Waals surface area contributed by atoms with E-state index in [-0.39, 0.29) is 16.2 Å². The first-order valence-corrected chi connectivity index (χ1v) is 13.6. The summed E-state index contributed by atoms with van der Waals surface area (Å²) in [4.78, 5) is 15.2. The lowest BCUT2D eigenvalue weighted by molar-refractivity contribution is 0.0901. The van der Waals surface area contributed by atoms with Crippen LogP contribution in [0.2, 0.25) is 0 Å². The van der Waals surface area contributed by atoms with E-state index in [1.54, 1.807) is 41.8 Å². The number of sulfonamides is 1. The van der Waals surface area contributed by atoms with Crippen LogP contribution in [0.1, 0.15) is 55.3 Å². The Balaban J connectivity index is 1.24. The molecule has 2 aromatic rings. The van der Waals surface area contributed by atoms with Gasteiger partial charge >= 0.3 is 0 Å². The number of carbonyl (C=O) groups is 1. The van der Waals surface area contributed by atoms with Crippen LogP contribution < -0.4 is 10.0 Å². The molecule has 0 unspecified atom stereocenters. The second-order valence-corrected chi connectivity index (χ2v) is 11.5. The van der Waals surface area contributed by atoms with Crippen molar-refractivity contribution in [3.8, 4) is 0 Å². The quantitative estimate of drug-likeness (QED) is 0.644. The highest BCUT2D eigenvalue weighted by molar-refractivity contribution is 7.94. The number of nitrogens with one attached hydrogen (secondary N) is 2. The van der Waals surface area contributed by atoms with Crippen LogP contribution in [0.4, 0.5) is 5.69 Å². The number of carbonyl (C=O) groups excluding carboxylic acids is 1. The summed E-state index contributed by atoms with van der Waals surface area (Å²) >= 11 is 1.17. The maximum atomic E-state index is 12.6. The molecule has 4 rings (SSSR count). The minimum atomic E-state index is -3.58. The molecular weight excluding hydrogens is 430 g/mol. The lowest BCUT2D eigenvalue weighted by atomic mass is 9.88. The Bertz CT molecular complexity index is 944. The normalized spacial score (nSPS) is 19.2. The lowest BCUT2D eigenvalue weighted by Gasteiger charge is -2.35. The van der Waals surface area contributed by atoms with Crippen molar-refractivity contribution in [2.45, 2.75) is 55.2 Å². The number of anilines is 1. The highest BCUT2D eigenvalue weighted by atomic mass is 32.2. The predicted octanol–water partition coefficient (Wildman–Crippen LogP) is 4.32. The fourth-order valence-electron chi connectivity index (χ4n) is 4.57. The minimum Gasteiger partial charge on any atom is -0.349 e. The van der Waals surface area contributed by atoms with Crippen molar-refractivity contribution in [1.29, 1.82) is 0 Å². The largest absolute Gasteiger partial charge is 0.349 e. The molecule has 31 heavy (non-hydrogen) atoms. The van der Waals surface area contributed by atoms with Crippen molar-refractivity contribution in [2.75, 3.05) is 24.4 Å². The van der Waals surface area contributed by atoms with Gasteiger partial charge in [0.2, 0.25) is 0 Å². The number of nitrogens with zero attached hydrogens (tertiary/aromatic N) is 1. The number of rotatable bonds is 7. The summed E-state index contributed by atoms with van der Waals surface area (Å²) < 4.78 is 27.4. The maximum Gasteiger partial charge on any atom is 0.271 e. The fourth-order valence-corrected chi connectivity index (χ4v) is 6.63. The molecule has 0 radical (unpaired) electrons. The standard InChI is InChI=1S/C23H31N3O3S2/c27-23(24-20-12-14-26(15-13-20)17-18-5-2-1-3-6-18)19-8-10-21(11-9-19)25-31(28,29)22-7-4-16-30-22/h4,7-11,16,18,20,25H,1-3,5-6,12-15,17H2,(H,24,27). The van der Waals surface area contributed by atoms with Gasteiger partial charge < -0.3 is 10.2 Å². The fraction of sp³-hybridized carbons (Fsp3) is 0.522. The molecule has 0 atom stereocenters. The van der Waals surface area contributed by atoms with Crippen LogP contribution in [0.3, 0.4) is 0 Å². The van der Waals surface area contributed by atoms with E-state index in [9.17, 15) is 13.2 Å². The van der Waals surface area contributed by atoms with Gasteiger partial charge in [0.25, 0.3) is 15.9 Å². The molecule has 2 heterocycles. The molecule has 1 aliphatic carbocycles. The Hall–Kier alpha value is -1.90. The second kappa shape index (κ2) is 10.1. The highest BCUT2D eigenvalue weighted by Gasteiger charge is 2.24. The SMILES string of the molecule is O=C(NC1CCN(CC2CCCCC2)CC1)c1ccc(NS(=O)(=O)c2cccs2)cc1. The van der Waals surface area contributed by atoms with Crippen LogP contribution in [-0.4, -0.2) is 44.9 Å². The van der Waals surface area contributed by atoms with Crippen molar-refractivity contribution in [1.82, 2.24) is 10.2 Å². The van der Waals surface area contributed by atoms with Crippen molar-refractivity contribution < 1.29 is 13.2 Å². The van der Waals surface area contributed by atoms with Crippen LogP contribution in [0, 0.1) is 5.92 Å². The molecule has 2 N–H and O–H groups in total. The van der Waals surface area contributed by atoms with Gasteiger partial charge in [-0.2, -0.15) is 0 Å². The van der Waals surface area contributed by atoms with Gasteiger partial charge in [-0.1, -0.05) is 25.3 Å². The zero-order valence-electron chi connectivity index (χ0n) is 17.8. The number of likely N-dealkylation sites (tertiary alicyclic amines) is 1. The summed E-state index contributed by atoms with van der Waals surface area (Å²) in [5.41, 5.74) is 0.990. The zero-order chi connectivity index (χ0) is 21.7. The predicted molar refractivity (Wildman–Crippen MR) is 125 cm³/mol. The molecule has 1 saturated heterocycles. The molecule has 168 valence electrons. The second-order valence-electron chi connectivity index (χ2n) is 8.67. The first kappa shape index (κ1) is 22.3. The van der Waals surface area contributed by atoms with Gasteiger partial charge in [0.15, 0.2) is 0 Å². The number of hydrogen-bond donors (Lipinski definition) is 2. The number of thiophene rings is 1. The molecule has 0 spiro atoms. The minimum absolute atomic E-state index is 0.0987. The third-order valence-electron chi connectivity index (χ3n) is 6.32. The van der Waals surface area contributed by atoms with E-state index in [1.165, 1.54) is 50.0 Å². The molecule has 2 aliphatic rings. The van der Waals surface area contributed by atoms with Crippen LogP contribution in [0.15, 0.2) is 46.0 Å². The molecule has 1 aromatic carbocycles. The molecule has 1 saturated carbocycles. The average Bonchev–Trinajstić information content (AvgIpc) is 3.32. The van der Waals surface area contributed by atoms with Gasteiger partial charge in [0.05, 0.1) is 0 Å². The number of hydrogen-bond acceptors (Lipinski definition) is 5. The van der Waals surface area contributed by atoms with E-state index in [0.29, 0.717) is 11.3 Å². The van der Waals surface area contributed by atoms with Crippen LogP contribution in [0.25, 0.3) is 0 Å². The molecule has 6 nitrogen and oxygen atoms in total. The van der Waals surface area contributed by atoms with Crippen molar-refractivity contribution in [2.24, 2.45) is 5.92 Å². The number of benzene rings is 1. The third-order valence-corrected chi connectivity index (χ3v) is 9.10. The Morgan fingerprint density at radius 3 is 2.35 bits per heavy atom. The maximum absolute atomic E-state index is 12.6. The van der Waals surface area contributed by atoms with Crippen LogP contribution in [0.5, 0.6) is 0 Å². The molecule has 2 fully saturated rings. The molecule has 1 amide bonds. The molecule has 0 bridgehead atoms. The Kier molecular flexibility index (Phi) is 7.30. The summed E-state index contributed by atoms with van der Waals surface area (Å²) in [5, 5.41) is 4.87. The molecule has 1 aromatic heterocycles. The summed E-state index contributed by atoms with van der Waals surface area (Å²) in [5.74, 6) is 0.758. The van der Waals surface area contributed by atoms with Crippen molar-refractivity contribution >= 4 is 33.0 Å². The Morgan fingerprint density at radius 2 is 1.71 bits per heavy atom. The van der Waals surface area contributed by atoms with E-state index in [1.807, 2.05) is 0 Å². The summed E-state index contributed by atoms with van der Waals surface area (Å²) in [7, 11) is -3.58. The zero-order valence-corrected chi connectivity index (χ0v) is 19.4. The summed E-state index contributed by atoms with van der Waals surface area (Å²) in [6.07, 6.45) is 8.86. The smallest absolute Gasteiger partial charge is 0.271 e. The van der Waals surface area contributed by atoms with E-state index in [4.69, 9.17) is 0 Å². The van der Waals surface area contributed by atoms with Gasteiger partial charge in [0, 0.05) is 36.9 Å². The third kappa shape index (κ3) is 6.08. The van der Waals surface area contributed by atoms with E-state index < -0.39 is 10.0 Å². The average molecular weight is 462 g/mol. The monoisotopic (exact) mass is 461 g/mol. The van der Waals surface area contributed by atoms with E-state index >= 15 is 0 Å². The van der Waals surface area contributed by atoms with Crippen molar-refractivity contribution in [3.63, 3.8) is 0 Å². The van der Waals surface area contributed by atoms with Gasteiger partial charge in [0.1, 0.15) is 4.21 Å². The number of piperidine rings is 1. The van der Waals surface area contributed by atoms with Crippen LogP contribution in [-0.2, 0) is 10.0 Å². The molecule has 8 heteroatoms. The van der Waals surface area contributed by atoms with Gasteiger partial charge in [-0.25, -0.2) is 8.42 Å². The Labute approximate surface area is 189 Å². The number of amides is 1. The van der Waals surface area contributed by atoms with Crippen molar-refractivity contribution in [3.05, 3.63) is 47.3 Å². The Morgan fingerprint density at radius 1 is 1.00 bits per heavy atom. The topological polar surface area (TPSA) is 78.5 Å². The summed E-state index contributed by atoms with van der Waals surface area (Å²) in [6, 6.07) is 10.1. The van der Waals surface area contributed by atoms with Crippen LogP contribution >= 0.6 is 11.3 Å². The van der Waals surface area contributed by atoms with E-state index in [2.05, 4.69) is 14.9 Å². The van der Waals surface area contributed by atoms with Gasteiger partial charge in [-0.05, 0) is 67.3 Å². The highest BCUT2D eigenvalue weighted by Crippen LogP contribution is 2.25. The van der Waals surface area contributed by atoms with Gasteiger partial charge in [-0.15, -0.1) is 11.3 Å². The molecule has 1 aliphatic heterocycles. The van der Waals surface area contributed by atoms with Gasteiger partial charge in [-0.3, -0.25) is 9.52 Å². The molecular formula is C23H31N3O3S2.